The summed E-state index contributed by atoms with van der Waals surface area (Å²) in [4.78, 5) is 0. The molecule has 2 aromatic rings. The van der Waals surface area contributed by atoms with Crippen LogP contribution in [0.15, 0.2) is 30.3 Å². The lowest BCUT2D eigenvalue weighted by Crippen LogP contribution is -2.10. The zero-order valence-electron chi connectivity index (χ0n) is 13.4. The Morgan fingerprint density at radius 2 is 1.95 bits per heavy atom. The van der Waals surface area contributed by atoms with Gasteiger partial charge in [-0.2, -0.15) is 0 Å². The topological polar surface area (TPSA) is 60.2 Å². The standard InChI is InChI=1S/C17H25N3O2/c1-14(2)12-17-16(13-21)18-19-20(17)10-6-7-11-22-15-8-4-3-5-9-15/h3-5,8-9,14,21H,6-7,10-13H2,1-2H3. The molecule has 0 amide bonds. The highest BCUT2D eigenvalue weighted by Crippen LogP contribution is 2.13. The Labute approximate surface area is 131 Å². The summed E-state index contributed by atoms with van der Waals surface area (Å²) in [6.45, 7) is 5.79. The highest BCUT2D eigenvalue weighted by Gasteiger charge is 2.13. The summed E-state index contributed by atoms with van der Waals surface area (Å²) in [5.74, 6) is 1.43. The van der Waals surface area contributed by atoms with Gasteiger partial charge in [0.2, 0.25) is 0 Å². The van der Waals surface area contributed by atoms with Crippen molar-refractivity contribution in [2.75, 3.05) is 6.61 Å². The highest BCUT2D eigenvalue weighted by atomic mass is 16.5. The number of aliphatic hydroxyl groups excluding tert-OH is 1. The van der Waals surface area contributed by atoms with Crippen LogP contribution >= 0.6 is 0 Å². The summed E-state index contributed by atoms with van der Waals surface area (Å²) >= 11 is 0. The Bertz CT molecular complexity index is 552. The fourth-order valence-corrected chi connectivity index (χ4v) is 2.35. The van der Waals surface area contributed by atoms with E-state index in [0.29, 0.717) is 18.2 Å². The van der Waals surface area contributed by atoms with Gasteiger partial charge < -0.3 is 9.84 Å². The third kappa shape index (κ3) is 4.84. The van der Waals surface area contributed by atoms with Crippen LogP contribution < -0.4 is 4.74 Å². The molecular weight excluding hydrogens is 278 g/mol. The number of aliphatic hydroxyl groups is 1. The van der Waals surface area contributed by atoms with E-state index < -0.39 is 0 Å². The van der Waals surface area contributed by atoms with Crippen molar-refractivity contribution in [1.82, 2.24) is 15.0 Å². The number of unbranched alkanes of at least 4 members (excludes halogenated alkanes) is 1. The Balaban J connectivity index is 1.78. The van der Waals surface area contributed by atoms with Crippen molar-refractivity contribution < 1.29 is 9.84 Å². The minimum Gasteiger partial charge on any atom is -0.494 e. The molecule has 5 heteroatoms. The second-order valence-corrected chi connectivity index (χ2v) is 5.83. The first-order valence-electron chi connectivity index (χ1n) is 7.90. The van der Waals surface area contributed by atoms with Crippen LogP contribution in [0.3, 0.4) is 0 Å². The molecule has 0 aliphatic heterocycles. The third-order valence-electron chi connectivity index (χ3n) is 3.45. The fourth-order valence-electron chi connectivity index (χ4n) is 2.35. The molecule has 0 saturated heterocycles. The van der Waals surface area contributed by atoms with E-state index in [2.05, 4.69) is 24.2 Å². The van der Waals surface area contributed by atoms with Gasteiger partial charge in [-0.05, 0) is 37.3 Å². The first kappa shape index (κ1) is 16.5. The first-order chi connectivity index (χ1) is 10.7. The van der Waals surface area contributed by atoms with Gasteiger partial charge in [-0.1, -0.05) is 37.3 Å². The van der Waals surface area contributed by atoms with Crippen molar-refractivity contribution >= 4 is 0 Å². The van der Waals surface area contributed by atoms with Crippen LogP contribution in [0.5, 0.6) is 5.75 Å². The van der Waals surface area contributed by atoms with E-state index in [9.17, 15) is 5.11 Å². The number of ether oxygens (including phenoxy) is 1. The summed E-state index contributed by atoms with van der Waals surface area (Å²) < 4.78 is 7.60. The maximum atomic E-state index is 9.34. The molecule has 0 radical (unpaired) electrons. The molecule has 1 aromatic carbocycles. The van der Waals surface area contributed by atoms with Gasteiger partial charge in [-0.3, -0.25) is 0 Å². The maximum Gasteiger partial charge on any atom is 0.119 e. The Morgan fingerprint density at radius 3 is 2.64 bits per heavy atom. The van der Waals surface area contributed by atoms with Crippen LogP contribution in [0.2, 0.25) is 0 Å². The van der Waals surface area contributed by atoms with Gasteiger partial charge in [0.05, 0.1) is 18.9 Å². The fraction of sp³-hybridized carbons (Fsp3) is 0.529. The van der Waals surface area contributed by atoms with E-state index >= 15 is 0 Å². The molecule has 0 aliphatic rings. The van der Waals surface area contributed by atoms with Crippen LogP contribution in [0.1, 0.15) is 38.1 Å². The van der Waals surface area contributed by atoms with Gasteiger partial charge in [0.25, 0.3) is 0 Å². The average Bonchev–Trinajstić information content (AvgIpc) is 2.89. The van der Waals surface area contributed by atoms with Gasteiger partial charge in [0.15, 0.2) is 0 Å². The number of aryl methyl sites for hydroxylation is 1. The summed E-state index contributed by atoms with van der Waals surface area (Å²) in [6, 6.07) is 9.85. The Hall–Kier alpha value is -1.88. The predicted molar refractivity (Wildman–Crippen MR) is 85.7 cm³/mol. The molecule has 1 N–H and O–H groups in total. The predicted octanol–water partition coefficient (Wildman–Crippen LogP) is 2.83. The lowest BCUT2D eigenvalue weighted by Gasteiger charge is -2.10. The van der Waals surface area contributed by atoms with Crippen molar-refractivity contribution in [2.24, 2.45) is 5.92 Å². The Kier molecular flexibility index (Phi) is 6.40. The zero-order chi connectivity index (χ0) is 15.8. The molecular formula is C17H25N3O2. The molecule has 0 aliphatic carbocycles. The van der Waals surface area contributed by atoms with Crippen molar-refractivity contribution in [1.29, 1.82) is 0 Å². The molecule has 0 unspecified atom stereocenters. The minimum atomic E-state index is -0.0425. The molecule has 0 fully saturated rings. The molecule has 0 bridgehead atoms. The zero-order valence-corrected chi connectivity index (χ0v) is 13.4. The number of rotatable bonds is 9. The monoisotopic (exact) mass is 303 g/mol. The van der Waals surface area contributed by atoms with E-state index in [0.717, 1.165) is 37.3 Å². The van der Waals surface area contributed by atoms with Gasteiger partial charge in [0, 0.05) is 6.54 Å². The molecule has 1 aromatic heterocycles. The highest BCUT2D eigenvalue weighted by molar-refractivity contribution is 5.20. The summed E-state index contributed by atoms with van der Waals surface area (Å²) in [5.41, 5.74) is 1.76. The van der Waals surface area contributed by atoms with E-state index in [1.807, 2.05) is 35.0 Å². The van der Waals surface area contributed by atoms with E-state index in [1.165, 1.54) is 0 Å². The number of hydrogen-bond donors (Lipinski definition) is 1. The molecule has 1 heterocycles. The molecule has 0 atom stereocenters. The van der Waals surface area contributed by atoms with E-state index in [4.69, 9.17) is 4.74 Å². The normalized spacial score (nSPS) is 11.1. The van der Waals surface area contributed by atoms with E-state index in [1.54, 1.807) is 0 Å². The molecule has 2 rings (SSSR count). The number of aromatic nitrogens is 3. The summed E-state index contributed by atoms with van der Waals surface area (Å²) in [6.07, 6.45) is 2.83. The molecule has 5 nitrogen and oxygen atoms in total. The first-order valence-corrected chi connectivity index (χ1v) is 7.90. The van der Waals surface area contributed by atoms with Crippen LogP contribution in [0.4, 0.5) is 0 Å². The SMILES string of the molecule is CC(C)Cc1c(CO)nnn1CCCCOc1ccccc1. The number of para-hydroxylation sites is 1. The van der Waals surface area contributed by atoms with Crippen molar-refractivity contribution in [2.45, 2.75) is 46.3 Å². The van der Waals surface area contributed by atoms with Gasteiger partial charge in [-0.15, -0.1) is 5.10 Å². The molecule has 0 saturated carbocycles. The third-order valence-corrected chi connectivity index (χ3v) is 3.45. The van der Waals surface area contributed by atoms with Crippen LogP contribution in [-0.2, 0) is 19.6 Å². The second-order valence-electron chi connectivity index (χ2n) is 5.83. The van der Waals surface area contributed by atoms with Crippen LogP contribution in [-0.4, -0.2) is 26.7 Å². The summed E-state index contributed by atoms with van der Waals surface area (Å²) in [5, 5.41) is 17.6. The van der Waals surface area contributed by atoms with E-state index in [-0.39, 0.29) is 6.61 Å². The lowest BCUT2D eigenvalue weighted by molar-refractivity contribution is 0.274. The second kappa shape index (κ2) is 8.54. The van der Waals surface area contributed by atoms with Gasteiger partial charge in [-0.25, -0.2) is 4.68 Å². The number of hydrogen-bond acceptors (Lipinski definition) is 4. The van der Waals surface area contributed by atoms with Crippen molar-refractivity contribution in [3.63, 3.8) is 0 Å². The van der Waals surface area contributed by atoms with Gasteiger partial charge in [0.1, 0.15) is 11.4 Å². The molecule has 120 valence electrons. The smallest absolute Gasteiger partial charge is 0.119 e. The largest absolute Gasteiger partial charge is 0.494 e. The molecule has 0 spiro atoms. The Morgan fingerprint density at radius 1 is 1.18 bits per heavy atom. The maximum absolute atomic E-state index is 9.34. The quantitative estimate of drug-likeness (QED) is 0.724. The number of benzene rings is 1. The van der Waals surface area contributed by atoms with Gasteiger partial charge >= 0.3 is 0 Å². The van der Waals surface area contributed by atoms with Crippen molar-refractivity contribution in [3.05, 3.63) is 41.7 Å². The average molecular weight is 303 g/mol. The lowest BCUT2D eigenvalue weighted by atomic mass is 10.1. The summed E-state index contributed by atoms with van der Waals surface area (Å²) in [7, 11) is 0. The van der Waals surface area contributed by atoms with Crippen LogP contribution in [0.25, 0.3) is 0 Å². The number of nitrogens with zero attached hydrogens (tertiary/aromatic N) is 3. The van der Waals surface area contributed by atoms with Crippen molar-refractivity contribution in [3.8, 4) is 5.75 Å². The minimum absolute atomic E-state index is 0.0425. The molecule has 22 heavy (non-hydrogen) atoms. The van der Waals surface area contributed by atoms with Crippen LogP contribution in [0, 0.1) is 5.92 Å².